The molecule has 0 aliphatic carbocycles. The van der Waals surface area contributed by atoms with Crippen molar-refractivity contribution in [2.75, 3.05) is 50.4 Å². The zero-order chi connectivity index (χ0) is 18.2. The van der Waals surface area contributed by atoms with E-state index < -0.39 is 0 Å². The molecule has 3 rings (SSSR count). The zero-order valence-corrected chi connectivity index (χ0v) is 15.8. The predicted octanol–water partition coefficient (Wildman–Crippen LogP) is 2.71. The van der Waals surface area contributed by atoms with Crippen LogP contribution in [0.1, 0.15) is 0 Å². The van der Waals surface area contributed by atoms with Gasteiger partial charge in [0.15, 0.2) is 5.96 Å². The van der Waals surface area contributed by atoms with Gasteiger partial charge in [0.05, 0.1) is 0 Å². The summed E-state index contributed by atoms with van der Waals surface area (Å²) < 4.78 is 13.6. The van der Waals surface area contributed by atoms with Crippen LogP contribution < -0.4 is 10.2 Å². The average Bonchev–Trinajstić information content (AvgIpc) is 2.70. The summed E-state index contributed by atoms with van der Waals surface area (Å²) in [4.78, 5) is 14.0. The average molecular weight is 374 g/mol. The second-order valence-corrected chi connectivity index (χ2v) is 7.05. The molecule has 5 nitrogen and oxygen atoms in total. The van der Waals surface area contributed by atoms with Gasteiger partial charge in [0, 0.05) is 56.6 Å². The van der Waals surface area contributed by atoms with Gasteiger partial charge in [0.1, 0.15) is 11.6 Å². The van der Waals surface area contributed by atoms with E-state index in [1.54, 1.807) is 13.1 Å². The first-order valence-corrected chi connectivity index (χ1v) is 9.75. The molecular weight excluding hydrogens is 349 g/mol. The number of hydrogen-bond acceptors (Lipinski definition) is 4. The maximum atomic E-state index is 13.6. The van der Waals surface area contributed by atoms with Crippen molar-refractivity contribution in [2.24, 2.45) is 4.99 Å². The van der Waals surface area contributed by atoms with Crippen molar-refractivity contribution in [3.05, 3.63) is 54.5 Å². The topological polar surface area (TPSA) is 43.8 Å². The van der Waals surface area contributed by atoms with Gasteiger partial charge >= 0.3 is 0 Å². The Hall–Kier alpha value is -2.28. The lowest BCUT2D eigenvalue weighted by atomic mass is 10.3. The number of aromatic nitrogens is 1. The van der Waals surface area contributed by atoms with Crippen molar-refractivity contribution in [3.63, 3.8) is 0 Å². The Morgan fingerprint density at radius 1 is 1.15 bits per heavy atom. The quantitative estimate of drug-likeness (QED) is 0.378. The number of aliphatic imine (C=N–C) groups is 1. The fourth-order valence-electron chi connectivity index (χ4n) is 2.91. The van der Waals surface area contributed by atoms with E-state index in [0.29, 0.717) is 4.90 Å². The summed E-state index contributed by atoms with van der Waals surface area (Å²) >= 11 is 1.52. The second-order valence-electron chi connectivity index (χ2n) is 5.91. The van der Waals surface area contributed by atoms with Crippen LogP contribution in [0.3, 0.4) is 0 Å². The van der Waals surface area contributed by atoms with E-state index >= 15 is 0 Å². The van der Waals surface area contributed by atoms with Crippen LogP contribution in [0.4, 0.5) is 10.2 Å². The molecule has 1 aliphatic rings. The largest absolute Gasteiger partial charge is 0.355 e. The standard InChI is InChI=1S/C19H24FN5S/c1-21-19(23-10-15-26-17-7-3-2-6-16(17)20)25-13-11-24(12-14-25)18-8-4-5-9-22-18/h2-9H,10-15H2,1H3,(H,21,23). The van der Waals surface area contributed by atoms with Crippen LogP contribution in [0, 0.1) is 5.82 Å². The lowest BCUT2D eigenvalue weighted by molar-refractivity contribution is 0.372. The predicted molar refractivity (Wildman–Crippen MR) is 107 cm³/mol. The minimum absolute atomic E-state index is 0.160. The third kappa shape index (κ3) is 4.88. The lowest BCUT2D eigenvalue weighted by Gasteiger charge is -2.37. The van der Waals surface area contributed by atoms with Gasteiger partial charge < -0.3 is 15.1 Å². The molecule has 7 heteroatoms. The fraction of sp³-hybridized carbons (Fsp3) is 0.368. The van der Waals surface area contributed by atoms with Crippen LogP contribution in [0.25, 0.3) is 0 Å². The highest BCUT2D eigenvalue weighted by molar-refractivity contribution is 7.99. The van der Waals surface area contributed by atoms with E-state index in [9.17, 15) is 4.39 Å². The summed E-state index contributed by atoms with van der Waals surface area (Å²) in [5, 5.41) is 3.38. The van der Waals surface area contributed by atoms with Crippen LogP contribution in [-0.2, 0) is 0 Å². The summed E-state index contributed by atoms with van der Waals surface area (Å²) in [5.41, 5.74) is 0. The third-order valence-corrected chi connectivity index (χ3v) is 5.29. The Morgan fingerprint density at radius 3 is 2.62 bits per heavy atom. The first kappa shape index (κ1) is 18.5. The van der Waals surface area contributed by atoms with Gasteiger partial charge in [0.2, 0.25) is 0 Å². The summed E-state index contributed by atoms with van der Waals surface area (Å²) in [6.07, 6.45) is 1.83. The number of thioether (sulfide) groups is 1. The highest BCUT2D eigenvalue weighted by Gasteiger charge is 2.20. The maximum absolute atomic E-state index is 13.6. The molecule has 26 heavy (non-hydrogen) atoms. The van der Waals surface area contributed by atoms with Gasteiger partial charge in [-0.3, -0.25) is 4.99 Å². The first-order chi connectivity index (χ1) is 12.8. The monoisotopic (exact) mass is 373 g/mol. The number of nitrogens with zero attached hydrogens (tertiary/aromatic N) is 4. The van der Waals surface area contributed by atoms with Crippen molar-refractivity contribution >= 4 is 23.5 Å². The van der Waals surface area contributed by atoms with Crippen LogP contribution in [0.15, 0.2) is 58.5 Å². The van der Waals surface area contributed by atoms with Crippen molar-refractivity contribution in [1.29, 1.82) is 0 Å². The number of anilines is 1. The molecule has 138 valence electrons. The molecule has 1 saturated heterocycles. The molecule has 0 bridgehead atoms. The Morgan fingerprint density at radius 2 is 1.92 bits per heavy atom. The number of hydrogen-bond donors (Lipinski definition) is 1. The molecule has 2 aromatic rings. The Labute approximate surface area is 158 Å². The molecule has 0 unspecified atom stereocenters. The van der Waals surface area contributed by atoms with E-state index in [2.05, 4.69) is 25.1 Å². The molecule has 1 fully saturated rings. The molecule has 0 saturated carbocycles. The molecule has 2 heterocycles. The molecule has 0 spiro atoms. The highest BCUT2D eigenvalue weighted by atomic mass is 32.2. The molecule has 0 amide bonds. The normalized spacial score (nSPS) is 15.2. The fourth-order valence-corrected chi connectivity index (χ4v) is 3.71. The summed E-state index contributed by atoms with van der Waals surface area (Å²) in [5.74, 6) is 2.55. The van der Waals surface area contributed by atoms with Crippen LogP contribution in [0.2, 0.25) is 0 Å². The van der Waals surface area contributed by atoms with Gasteiger partial charge in [-0.25, -0.2) is 9.37 Å². The Kier molecular flexibility index (Phi) is 6.71. The van der Waals surface area contributed by atoms with Gasteiger partial charge in [0.25, 0.3) is 0 Å². The molecule has 1 aliphatic heterocycles. The van der Waals surface area contributed by atoms with E-state index in [1.165, 1.54) is 17.8 Å². The minimum Gasteiger partial charge on any atom is -0.355 e. The van der Waals surface area contributed by atoms with Crippen molar-refractivity contribution in [3.8, 4) is 0 Å². The number of benzene rings is 1. The first-order valence-electron chi connectivity index (χ1n) is 8.77. The van der Waals surface area contributed by atoms with Gasteiger partial charge in [-0.05, 0) is 24.3 Å². The van der Waals surface area contributed by atoms with Crippen LogP contribution in [-0.4, -0.2) is 61.4 Å². The number of guanidine groups is 1. The molecule has 0 radical (unpaired) electrons. The molecule has 1 aromatic carbocycles. The van der Waals surface area contributed by atoms with Crippen molar-refractivity contribution in [1.82, 2.24) is 15.2 Å². The number of rotatable bonds is 5. The summed E-state index contributed by atoms with van der Waals surface area (Å²) in [7, 11) is 1.80. The van der Waals surface area contributed by atoms with E-state index in [-0.39, 0.29) is 5.82 Å². The van der Waals surface area contributed by atoms with Crippen LogP contribution in [0.5, 0.6) is 0 Å². The number of nitrogens with one attached hydrogen (secondary N) is 1. The molecule has 1 N–H and O–H groups in total. The third-order valence-electron chi connectivity index (χ3n) is 4.24. The molecular formula is C19H24FN5S. The highest BCUT2D eigenvalue weighted by Crippen LogP contribution is 2.20. The number of piperazine rings is 1. The lowest BCUT2D eigenvalue weighted by Crippen LogP contribution is -2.53. The Balaban J connectivity index is 1.43. The van der Waals surface area contributed by atoms with E-state index in [0.717, 1.165) is 50.3 Å². The second kappa shape index (κ2) is 9.43. The molecule has 1 aromatic heterocycles. The summed E-state index contributed by atoms with van der Waals surface area (Å²) in [6, 6.07) is 12.9. The van der Waals surface area contributed by atoms with E-state index in [1.807, 2.05) is 36.5 Å². The van der Waals surface area contributed by atoms with Crippen molar-refractivity contribution in [2.45, 2.75) is 4.90 Å². The number of pyridine rings is 1. The van der Waals surface area contributed by atoms with Gasteiger partial charge in [-0.2, -0.15) is 0 Å². The van der Waals surface area contributed by atoms with Gasteiger partial charge in [-0.1, -0.05) is 18.2 Å². The smallest absolute Gasteiger partial charge is 0.193 e. The maximum Gasteiger partial charge on any atom is 0.193 e. The minimum atomic E-state index is -0.160. The SMILES string of the molecule is CN=C(NCCSc1ccccc1F)N1CCN(c2ccccn2)CC1. The Bertz CT molecular complexity index is 717. The summed E-state index contributed by atoms with van der Waals surface area (Å²) in [6.45, 7) is 4.38. The van der Waals surface area contributed by atoms with Crippen LogP contribution >= 0.6 is 11.8 Å². The van der Waals surface area contributed by atoms with Crippen molar-refractivity contribution < 1.29 is 4.39 Å². The zero-order valence-electron chi connectivity index (χ0n) is 14.9. The van der Waals surface area contributed by atoms with E-state index in [4.69, 9.17) is 0 Å². The van der Waals surface area contributed by atoms with Gasteiger partial charge in [-0.15, -0.1) is 11.8 Å². The number of halogens is 1. The molecule has 0 atom stereocenters.